The van der Waals surface area contributed by atoms with Crippen LogP contribution in [0.2, 0.25) is 0 Å². The van der Waals surface area contributed by atoms with Crippen molar-refractivity contribution in [2.75, 3.05) is 0 Å². The number of aromatic nitrogens is 2. The molecule has 1 aliphatic rings. The second-order valence-corrected chi connectivity index (χ2v) is 4.39. The molecule has 1 atom stereocenters. The summed E-state index contributed by atoms with van der Waals surface area (Å²) in [5.41, 5.74) is 7.01. The minimum atomic E-state index is 0.0962. The molecular weight excluding hydrogens is 174 g/mol. The number of aryl methyl sites for hydroxylation is 1. The molecule has 1 heterocycles. The van der Waals surface area contributed by atoms with Crippen molar-refractivity contribution in [3.8, 4) is 0 Å². The van der Waals surface area contributed by atoms with Crippen LogP contribution in [0.4, 0.5) is 0 Å². The van der Waals surface area contributed by atoms with E-state index in [0.29, 0.717) is 0 Å². The van der Waals surface area contributed by atoms with E-state index < -0.39 is 0 Å². The molecule has 3 nitrogen and oxygen atoms in total. The average Bonchev–Trinajstić information content (AvgIpc) is 2.49. The Kier molecular flexibility index (Phi) is 2.87. The van der Waals surface area contributed by atoms with Gasteiger partial charge in [0, 0.05) is 18.8 Å². The van der Waals surface area contributed by atoms with Gasteiger partial charge in [0.05, 0.1) is 12.0 Å². The molecule has 1 saturated carbocycles. The molecule has 0 spiro atoms. The zero-order valence-corrected chi connectivity index (χ0v) is 8.82. The van der Waals surface area contributed by atoms with Gasteiger partial charge in [-0.1, -0.05) is 19.3 Å². The van der Waals surface area contributed by atoms with E-state index in [-0.39, 0.29) is 6.04 Å². The second-order valence-electron chi connectivity index (χ2n) is 4.39. The zero-order valence-electron chi connectivity index (χ0n) is 8.82. The second kappa shape index (κ2) is 4.13. The number of nitrogens with two attached hydrogens (primary N) is 1. The van der Waals surface area contributed by atoms with Crippen molar-refractivity contribution in [1.29, 1.82) is 0 Å². The molecule has 0 bridgehead atoms. The molecule has 78 valence electrons. The van der Waals surface area contributed by atoms with Crippen LogP contribution in [0.25, 0.3) is 0 Å². The molecule has 0 aromatic carbocycles. The Morgan fingerprint density at radius 2 is 2.43 bits per heavy atom. The summed E-state index contributed by atoms with van der Waals surface area (Å²) in [4.78, 5) is 4.15. The van der Waals surface area contributed by atoms with Crippen molar-refractivity contribution < 1.29 is 0 Å². The van der Waals surface area contributed by atoms with Crippen molar-refractivity contribution in [3.05, 3.63) is 18.2 Å². The van der Waals surface area contributed by atoms with Crippen LogP contribution < -0.4 is 5.73 Å². The van der Waals surface area contributed by atoms with Gasteiger partial charge in [-0.05, 0) is 19.3 Å². The quantitative estimate of drug-likeness (QED) is 0.795. The summed E-state index contributed by atoms with van der Waals surface area (Å²) in [6.07, 6.45) is 9.33. The predicted molar refractivity (Wildman–Crippen MR) is 56.8 cm³/mol. The van der Waals surface area contributed by atoms with Crippen LogP contribution in [0.15, 0.2) is 12.5 Å². The summed E-state index contributed by atoms with van der Waals surface area (Å²) in [7, 11) is 0. The van der Waals surface area contributed by atoms with Crippen molar-refractivity contribution in [2.45, 2.75) is 45.2 Å². The first-order valence-electron chi connectivity index (χ1n) is 5.53. The fraction of sp³-hybridized carbons (Fsp3) is 0.727. The molecule has 3 heteroatoms. The summed E-state index contributed by atoms with van der Waals surface area (Å²) in [5, 5.41) is 0. The van der Waals surface area contributed by atoms with Gasteiger partial charge in [0.1, 0.15) is 0 Å². The third-order valence-corrected chi connectivity index (χ3v) is 3.21. The highest BCUT2D eigenvalue weighted by Gasteiger charge is 2.17. The van der Waals surface area contributed by atoms with Crippen molar-refractivity contribution in [2.24, 2.45) is 11.7 Å². The molecule has 0 aliphatic heterocycles. The number of imidazole rings is 1. The molecule has 0 saturated heterocycles. The Labute approximate surface area is 85.3 Å². The van der Waals surface area contributed by atoms with Gasteiger partial charge < -0.3 is 10.3 Å². The van der Waals surface area contributed by atoms with Gasteiger partial charge in [0.25, 0.3) is 0 Å². The van der Waals surface area contributed by atoms with E-state index in [1.807, 2.05) is 19.4 Å². The van der Waals surface area contributed by atoms with Crippen LogP contribution >= 0.6 is 0 Å². The Bertz CT molecular complexity index is 286. The fourth-order valence-electron chi connectivity index (χ4n) is 2.00. The molecule has 14 heavy (non-hydrogen) atoms. The van der Waals surface area contributed by atoms with Gasteiger partial charge in [-0.2, -0.15) is 0 Å². The van der Waals surface area contributed by atoms with E-state index in [2.05, 4.69) is 9.55 Å². The van der Waals surface area contributed by atoms with Gasteiger partial charge in [0.15, 0.2) is 0 Å². The summed E-state index contributed by atoms with van der Waals surface area (Å²) in [5.74, 6) is 0.957. The lowest BCUT2D eigenvalue weighted by molar-refractivity contribution is 0.281. The first-order valence-corrected chi connectivity index (χ1v) is 5.53. The van der Waals surface area contributed by atoms with Gasteiger partial charge in [-0.25, -0.2) is 4.98 Å². The standard InChI is InChI=1S/C11H19N3/c1-9(12)11-7-13-8-14(11)6-5-10-3-2-4-10/h7-10H,2-6,12H2,1H3. The molecule has 0 amide bonds. The lowest BCUT2D eigenvalue weighted by Gasteiger charge is -2.25. The maximum atomic E-state index is 5.85. The number of rotatable bonds is 4. The summed E-state index contributed by atoms with van der Waals surface area (Å²) >= 11 is 0. The normalized spacial score (nSPS) is 19.3. The van der Waals surface area contributed by atoms with E-state index in [1.165, 1.54) is 25.7 Å². The van der Waals surface area contributed by atoms with Crippen LogP contribution in [0.1, 0.15) is 44.3 Å². The van der Waals surface area contributed by atoms with Gasteiger partial charge in [-0.15, -0.1) is 0 Å². The summed E-state index contributed by atoms with van der Waals surface area (Å²) in [6.45, 7) is 3.10. The van der Waals surface area contributed by atoms with Crippen LogP contribution in [-0.2, 0) is 6.54 Å². The first-order chi connectivity index (χ1) is 6.77. The molecule has 1 unspecified atom stereocenters. The van der Waals surface area contributed by atoms with Crippen molar-refractivity contribution >= 4 is 0 Å². The first kappa shape index (κ1) is 9.71. The number of hydrogen-bond acceptors (Lipinski definition) is 2. The van der Waals surface area contributed by atoms with Gasteiger partial charge in [0.2, 0.25) is 0 Å². The van der Waals surface area contributed by atoms with Crippen LogP contribution in [0, 0.1) is 5.92 Å². The minimum absolute atomic E-state index is 0.0962. The fourth-order valence-corrected chi connectivity index (χ4v) is 2.00. The topological polar surface area (TPSA) is 43.8 Å². The van der Waals surface area contributed by atoms with Crippen molar-refractivity contribution in [1.82, 2.24) is 9.55 Å². The van der Waals surface area contributed by atoms with Crippen LogP contribution in [0.5, 0.6) is 0 Å². The number of hydrogen-bond donors (Lipinski definition) is 1. The third kappa shape index (κ3) is 1.98. The SMILES string of the molecule is CC(N)c1cncn1CCC1CCC1. The Morgan fingerprint density at radius 1 is 1.64 bits per heavy atom. The molecule has 2 rings (SSSR count). The maximum Gasteiger partial charge on any atom is 0.0948 e. The van der Waals surface area contributed by atoms with E-state index in [1.54, 1.807) is 0 Å². The summed E-state index contributed by atoms with van der Waals surface area (Å²) < 4.78 is 2.20. The Hall–Kier alpha value is -0.830. The lowest BCUT2D eigenvalue weighted by Crippen LogP contribution is -2.16. The highest BCUT2D eigenvalue weighted by atomic mass is 15.1. The van der Waals surface area contributed by atoms with E-state index in [4.69, 9.17) is 5.73 Å². The molecule has 0 radical (unpaired) electrons. The highest BCUT2D eigenvalue weighted by molar-refractivity contribution is 5.03. The van der Waals surface area contributed by atoms with Crippen LogP contribution in [0.3, 0.4) is 0 Å². The lowest BCUT2D eigenvalue weighted by atomic mass is 9.83. The smallest absolute Gasteiger partial charge is 0.0948 e. The van der Waals surface area contributed by atoms with Crippen LogP contribution in [-0.4, -0.2) is 9.55 Å². The largest absolute Gasteiger partial charge is 0.333 e. The van der Waals surface area contributed by atoms with E-state index in [9.17, 15) is 0 Å². The number of nitrogens with zero attached hydrogens (tertiary/aromatic N) is 2. The summed E-state index contributed by atoms with van der Waals surface area (Å²) in [6, 6.07) is 0.0962. The van der Waals surface area contributed by atoms with E-state index in [0.717, 1.165) is 18.2 Å². The molecule has 1 fully saturated rings. The monoisotopic (exact) mass is 193 g/mol. The van der Waals surface area contributed by atoms with Gasteiger partial charge >= 0.3 is 0 Å². The predicted octanol–water partition coefficient (Wildman–Crippen LogP) is 2.09. The van der Waals surface area contributed by atoms with Crippen molar-refractivity contribution in [3.63, 3.8) is 0 Å². The zero-order chi connectivity index (χ0) is 9.97. The minimum Gasteiger partial charge on any atom is -0.333 e. The molecule has 1 aromatic rings. The Balaban J connectivity index is 1.90. The molecular formula is C11H19N3. The average molecular weight is 193 g/mol. The molecule has 1 aliphatic carbocycles. The molecule has 1 aromatic heterocycles. The Morgan fingerprint density at radius 3 is 3.00 bits per heavy atom. The highest BCUT2D eigenvalue weighted by Crippen LogP contribution is 2.29. The maximum absolute atomic E-state index is 5.85. The molecule has 2 N–H and O–H groups in total. The van der Waals surface area contributed by atoms with E-state index >= 15 is 0 Å². The van der Waals surface area contributed by atoms with Gasteiger partial charge in [-0.3, -0.25) is 0 Å². The third-order valence-electron chi connectivity index (χ3n) is 3.21.